The maximum Gasteiger partial charge on any atom is 0.358 e. The molecule has 7 nitrogen and oxygen atoms in total. The average Bonchev–Trinajstić information content (AvgIpc) is 2.64. The van der Waals surface area contributed by atoms with E-state index in [-0.39, 0.29) is 23.2 Å². The second-order valence-electron chi connectivity index (χ2n) is 6.70. The van der Waals surface area contributed by atoms with Crippen LogP contribution in [0.15, 0.2) is 12.3 Å². The lowest BCUT2D eigenvalue weighted by atomic mass is 10.1. The van der Waals surface area contributed by atoms with Gasteiger partial charge in [0.2, 0.25) is 0 Å². The molecule has 1 unspecified atom stereocenters. The second-order valence-corrected chi connectivity index (χ2v) is 6.70. The number of amides is 1. The van der Waals surface area contributed by atoms with Crippen LogP contribution in [0.1, 0.15) is 41.6 Å². The first-order chi connectivity index (χ1) is 10.9. The van der Waals surface area contributed by atoms with Gasteiger partial charge in [0, 0.05) is 25.8 Å². The summed E-state index contributed by atoms with van der Waals surface area (Å²) in [6.07, 6.45) is 1.47. The van der Waals surface area contributed by atoms with Crippen LogP contribution in [0.3, 0.4) is 0 Å². The maximum atomic E-state index is 12.9. The highest BCUT2D eigenvalue weighted by Crippen LogP contribution is 2.28. The number of carbonyl (C=O) groups excluding carboxylic acids is 2. The zero-order chi connectivity index (χ0) is 16.6. The number of aromatic nitrogens is 1. The zero-order valence-electron chi connectivity index (χ0n) is 13.6. The summed E-state index contributed by atoms with van der Waals surface area (Å²) in [6, 6.07) is 1.57. The number of piperazine rings is 1. The zero-order valence-corrected chi connectivity index (χ0v) is 13.6. The van der Waals surface area contributed by atoms with E-state index in [1.54, 1.807) is 31.7 Å². The van der Waals surface area contributed by atoms with Crippen LogP contribution < -0.4 is 10.1 Å². The van der Waals surface area contributed by atoms with Crippen molar-refractivity contribution in [3.8, 4) is 5.75 Å². The quantitative estimate of drug-likeness (QED) is 0.773. The molecular weight excluding hydrogens is 298 g/mol. The number of nitrogens with one attached hydrogen (secondary N) is 1. The molecule has 2 aliphatic heterocycles. The van der Waals surface area contributed by atoms with Crippen LogP contribution in [0.5, 0.6) is 5.75 Å². The number of rotatable bonds is 1. The molecule has 1 N–H and O–H groups in total. The molecule has 1 amide bonds. The Balaban J connectivity index is 2.00. The largest absolute Gasteiger partial charge is 0.490 e. The molecule has 3 heterocycles. The lowest BCUT2D eigenvalue weighted by Gasteiger charge is -2.34. The van der Waals surface area contributed by atoms with Gasteiger partial charge in [-0.05, 0) is 26.8 Å². The first-order valence-electron chi connectivity index (χ1n) is 7.73. The highest BCUT2D eigenvalue weighted by Gasteiger charge is 2.36. The minimum atomic E-state index is -0.659. The van der Waals surface area contributed by atoms with E-state index in [0.29, 0.717) is 25.4 Å². The summed E-state index contributed by atoms with van der Waals surface area (Å²) in [6.45, 7) is 7.69. The van der Waals surface area contributed by atoms with Gasteiger partial charge < -0.3 is 19.7 Å². The molecule has 0 aromatic carbocycles. The minimum absolute atomic E-state index is 0.0154. The Morgan fingerprint density at radius 3 is 3.00 bits per heavy atom. The third-order valence-electron chi connectivity index (χ3n) is 3.76. The van der Waals surface area contributed by atoms with Crippen LogP contribution >= 0.6 is 0 Å². The molecule has 1 aromatic rings. The predicted molar refractivity (Wildman–Crippen MR) is 82.6 cm³/mol. The third kappa shape index (κ3) is 3.14. The first kappa shape index (κ1) is 15.7. The van der Waals surface area contributed by atoms with E-state index in [1.165, 1.54) is 6.20 Å². The Morgan fingerprint density at radius 1 is 1.48 bits per heavy atom. The van der Waals surface area contributed by atoms with Crippen molar-refractivity contribution in [2.45, 2.75) is 32.4 Å². The maximum absolute atomic E-state index is 12.9. The van der Waals surface area contributed by atoms with Crippen molar-refractivity contribution in [3.63, 3.8) is 0 Å². The average molecular weight is 319 g/mol. The Hall–Kier alpha value is -2.15. The van der Waals surface area contributed by atoms with Gasteiger partial charge in [-0.25, -0.2) is 9.78 Å². The van der Waals surface area contributed by atoms with Gasteiger partial charge in [0.1, 0.15) is 23.5 Å². The van der Waals surface area contributed by atoms with E-state index in [2.05, 4.69) is 10.3 Å². The number of nitrogens with zero attached hydrogens (tertiary/aromatic N) is 2. The molecule has 1 atom stereocenters. The van der Waals surface area contributed by atoms with E-state index in [0.717, 1.165) is 6.54 Å². The fourth-order valence-electron chi connectivity index (χ4n) is 2.76. The van der Waals surface area contributed by atoms with Gasteiger partial charge in [-0.2, -0.15) is 0 Å². The van der Waals surface area contributed by atoms with Gasteiger partial charge in [-0.1, -0.05) is 0 Å². The molecule has 1 fully saturated rings. The molecule has 23 heavy (non-hydrogen) atoms. The van der Waals surface area contributed by atoms with Crippen molar-refractivity contribution in [2.75, 3.05) is 26.2 Å². The second kappa shape index (κ2) is 5.81. The standard InChI is InChI=1S/C16H21N3O4/c1-16(2,3)23-15(21)13-12-11(4-5-18-13)22-9-10-8-17-6-7-19(10)14(12)20/h4-5,10,17H,6-9H2,1-3H3. The highest BCUT2D eigenvalue weighted by molar-refractivity contribution is 6.06. The summed E-state index contributed by atoms with van der Waals surface area (Å²) < 4.78 is 11.1. The monoisotopic (exact) mass is 319 g/mol. The summed E-state index contributed by atoms with van der Waals surface area (Å²) in [5.74, 6) is -0.446. The third-order valence-corrected chi connectivity index (χ3v) is 3.76. The lowest BCUT2D eigenvalue weighted by Crippen LogP contribution is -2.55. The summed E-state index contributed by atoms with van der Waals surface area (Å²) in [5.41, 5.74) is -0.444. The lowest BCUT2D eigenvalue weighted by molar-refractivity contribution is 0.00594. The molecule has 0 aliphatic carbocycles. The Kier molecular flexibility index (Phi) is 3.97. The van der Waals surface area contributed by atoms with Crippen LogP contribution in [0.2, 0.25) is 0 Å². The summed E-state index contributed by atoms with van der Waals surface area (Å²) in [4.78, 5) is 31.2. The summed E-state index contributed by atoms with van der Waals surface area (Å²) in [7, 11) is 0. The van der Waals surface area contributed by atoms with Crippen molar-refractivity contribution in [2.24, 2.45) is 0 Å². The Morgan fingerprint density at radius 2 is 2.26 bits per heavy atom. The van der Waals surface area contributed by atoms with Crippen molar-refractivity contribution in [1.82, 2.24) is 15.2 Å². The first-order valence-corrected chi connectivity index (χ1v) is 7.73. The van der Waals surface area contributed by atoms with Crippen LogP contribution in [-0.2, 0) is 4.74 Å². The number of carbonyl (C=O) groups is 2. The molecule has 7 heteroatoms. The van der Waals surface area contributed by atoms with E-state index in [9.17, 15) is 9.59 Å². The van der Waals surface area contributed by atoms with Gasteiger partial charge in [0.05, 0.1) is 6.04 Å². The number of esters is 1. The van der Waals surface area contributed by atoms with Crippen molar-refractivity contribution in [3.05, 3.63) is 23.5 Å². The highest BCUT2D eigenvalue weighted by atomic mass is 16.6. The number of ether oxygens (including phenoxy) is 2. The number of pyridine rings is 1. The van der Waals surface area contributed by atoms with Crippen molar-refractivity contribution in [1.29, 1.82) is 0 Å². The van der Waals surface area contributed by atoms with E-state index in [4.69, 9.17) is 9.47 Å². The van der Waals surface area contributed by atoms with Gasteiger partial charge >= 0.3 is 5.97 Å². The number of fused-ring (bicyclic) bond motifs is 2. The molecule has 0 spiro atoms. The molecule has 1 aromatic heterocycles. The molecule has 1 saturated heterocycles. The SMILES string of the molecule is CC(C)(C)OC(=O)c1nccc2c1C(=O)N1CCNCC1CO2. The van der Waals surface area contributed by atoms with Crippen LogP contribution in [0, 0.1) is 0 Å². The molecule has 2 aliphatic rings. The predicted octanol–water partition coefficient (Wildman–Crippen LogP) is 0.843. The van der Waals surface area contributed by atoms with E-state index in [1.807, 2.05) is 0 Å². The molecular formula is C16H21N3O4. The summed E-state index contributed by atoms with van der Waals surface area (Å²) >= 11 is 0. The fraction of sp³-hybridized carbons (Fsp3) is 0.562. The number of hydrogen-bond donors (Lipinski definition) is 1. The smallest absolute Gasteiger partial charge is 0.358 e. The van der Waals surface area contributed by atoms with Crippen LogP contribution in [0.25, 0.3) is 0 Å². The van der Waals surface area contributed by atoms with Crippen molar-refractivity contribution >= 4 is 11.9 Å². The molecule has 0 bridgehead atoms. The van der Waals surface area contributed by atoms with Crippen LogP contribution in [0.4, 0.5) is 0 Å². The molecule has 3 rings (SSSR count). The van der Waals surface area contributed by atoms with Crippen LogP contribution in [-0.4, -0.2) is 59.6 Å². The van der Waals surface area contributed by atoms with Gasteiger partial charge in [-0.15, -0.1) is 0 Å². The topological polar surface area (TPSA) is 80.8 Å². The number of hydrogen-bond acceptors (Lipinski definition) is 6. The van der Waals surface area contributed by atoms with E-state index < -0.39 is 11.6 Å². The van der Waals surface area contributed by atoms with E-state index >= 15 is 0 Å². The molecule has 124 valence electrons. The summed E-state index contributed by atoms with van der Waals surface area (Å²) in [5, 5.41) is 3.25. The molecule has 0 saturated carbocycles. The molecule has 0 radical (unpaired) electrons. The Labute approximate surface area is 135 Å². The fourth-order valence-corrected chi connectivity index (χ4v) is 2.76. The normalized spacial score (nSPS) is 20.9. The van der Waals surface area contributed by atoms with Gasteiger partial charge in [-0.3, -0.25) is 4.79 Å². The van der Waals surface area contributed by atoms with Crippen molar-refractivity contribution < 1.29 is 19.1 Å². The van der Waals surface area contributed by atoms with Gasteiger partial charge in [0.25, 0.3) is 5.91 Å². The van der Waals surface area contributed by atoms with Gasteiger partial charge in [0.15, 0.2) is 5.69 Å². The Bertz CT molecular complexity index is 639. The minimum Gasteiger partial charge on any atom is -0.490 e.